The third-order valence-corrected chi connectivity index (χ3v) is 5.68. The molecule has 0 atom stereocenters. The summed E-state index contributed by atoms with van der Waals surface area (Å²) in [6.45, 7) is 7.42. The molecule has 1 fully saturated rings. The van der Waals surface area contributed by atoms with Crippen molar-refractivity contribution in [2.24, 2.45) is 0 Å². The largest absolute Gasteiger partial charge is 0.493 e. The van der Waals surface area contributed by atoms with Gasteiger partial charge in [-0.3, -0.25) is 14.5 Å². The number of methoxy groups -OCH3 is 2. The Bertz CT molecular complexity index is 962. The molecule has 8 nitrogen and oxygen atoms in total. The number of pyridine rings is 1. The number of amides is 1. The number of nitrogens with zero attached hydrogens (tertiary/aromatic N) is 4. The lowest BCUT2D eigenvalue weighted by molar-refractivity contribution is 0.0631. The smallest absolute Gasteiger partial charge is 0.258 e. The van der Waals surface area contributed by atoms with E-state index in [1.54, 1.807) is 30.0 Å². The zero-order valence-corrected chi connectivity index (χ0v) is 18.6. The molecule has 1 aliphatic rings. The number of aryl methyl sites for hydroxylation is 1. The van der Waals surface area contributed by atoms with Gasteiger partial charge in [0.2, 0.25) is 0 Å². The summed E-state index contributed by atoms with van der Waals surface area (Å²) in [6, 6.07) is 3.40. The molecule has 0 aliphatic carbocycles. The summed E-state index contributed by atoms with van der Waals surface area (Å²) < 4.78 is 12.4. The topological polar surface area (TPSA) is 67.2 Å². The Morgan fingerprint density at radius 2 is 1.63 bits per heavy atom. The van der Waals surface area contributed by atoms with Crippen LogP contribution in [0.25, 0.3) is 10.8 Å². The second-order valence-corrected chi connectivity index (χ2v) is 7.82. The minimum Gasteiger partial charge on any atom is -0.493 e. The van der Waals surface area contributed by atoms with Gasteiger partial charge in [-0.1, -0.05) is 0 Å². The van der Waals surface area contributed by atoms with Gasteiger partial charge in [-0.2, -0.15) is 0 Å². The zero-order chi connectivity index (χ0) is 21.8. The van der Waals surface area contributed by atoms with Crippen molar-refractivity contribution in [3.63, 3.8) is 0 Å². The average molecular weight is 417 g/mol. The van der Waals surface area contributed by atoms with Crippen LogP contribution in [-0.4, -0.2) is 92.8 Å². The molecule has 1 aromatic carbocycles. The van der Waals surface area contributed by atoms with E-state index in [0.717, 1.165) is 26.2 Å². The second-order valence-electron chi connectivity index (χ2n) is 7.82. The monoisotopic (exact) mass is 416 g/mol. The van der Waals surface area contributed by atoms with Gasteiger partial charge in [-0.05, 0) is 33.2 Å². The summed E-state index contributed by atoms with van der Waals surface area (Å²) in [5.74, 6) is 0.923. The molecule has 0 unspecified atom stereocenters. The fourth-order valence-corrected chi connectivity index (χ4v) is 3.81. The van der Waals surface area contributed by atoms with E-state index in [9.17, 15) is 9.59 Å². The summed E-state index contributed by atoms with van der Waals surface area (Å²) in [7, 11) is 7.21. The van der Waals surface area contributed by atoms with Crippen LogP contribution < -0.4 is 15.0 Å². The van der Waals surface area contributed by atoms with E-state index >= 15 is 0 Å². The highest BCUT2D eigenvalue weighted by molar-refractivity contribution is 6.07. The van der Waals surface area contributed by atoms with Crippen LogP contribution in [0.5, 0.6) is 11.5 Å². The first kappa shape index (κ1) is 22.1. The second kappa shape index (κ2) is 9.49. The molecule has 1 saturated heterocycles. The third kappa shape index (κ3) is 4.44. The summed E-state index contributed by atoms with van der Waals surface area (Å²) in [6.07, 6.45) is 1.68. The maximum absolute atomic E-state index is 13.4. The SMILES string of the molecule is CCn1cc(C(=O)N2CCN(CCN(C)C)CC2)c2cc(OC)c(OC)cc2c1=O. The lowest BCUT2D eigenvalue weighted by Crippen LogP contribution is -2.50. The number of fused-ring (bicyclic) bond motifs is 1. The van der Waals surface area contributed by atoms with E-state index in [2.05, 4.69) is 23.9 Å². The minimum absolute atomic E-state index is 0.0540. The van der Waals surface area contributed by atoms with Crippen LogP contribution in [0.15, 0.2) is 23.1 Å². The van der Waals surface area contributed by atoms with Gasteiger partial charge in [-0.15, -0.1) is 0 Å². The van der Waals surface area contributed by atoms with E-state index in [-0.39, 0.29) is 11.5 Å². The molecule has 1 aliphatic heterocycles. The fourth-order valence-electron chi connectivity index (χ4n) is 3.81. The molecule has 30 heavy (non-hydrogen) atoms. The predicted octanol–water partition coefficient (Wildman–Crippen LogP) is 1.36. The molecule has 1 amide bonds. The van der Waals surface area contributed by atoms with Crippen molar-refractivity contribution in [1.82, 2.24) is 19.3 Å². The van der Waals surface area contributed by atoms with Crippen LogP contribution in [0, 0.1) is 0 Å². The van der Waals surface area contributed by atoms with Crippen molar-refractivity contribution in [3.8, 4) is 11.5 Å². The molecular formula is C22H32N4O4. The predicted molar refractivity (Wildman–Crippen MR) is 118 cm³/mol. The van der Waals surface area contributed by atoms with Crippen molar-refractivity contribution < 1.29 is 14.3 Å². The van der Waals surface area contributed by atoms with Crippen LogP contribution in [0.2, 0.25) is 0 Å². The fraction of sp³-hybridized carbons (Fsp3) is 0.545. The Kier molecular flexibility index (Phi) is 6.99. The summed E-state index contributed by atoms with van der Waals surface area (Å²) >= 11 is 0. The molecule has 1 aromatic heterocycles. The first-order chi connectivity index (χ1) is 14.4. The van der Waals surface area contributed by atoms with Crippen LogP contribution in [0.4, 0.5) is 0 Å². The van der Waals surface area contributed by atoms with Crippen LogP contribution in [-0.2, 0) is 6.54 Å². The number of carbonyl (C=O) groups excluding carboxylic acids is 1. The summed E-state index contributed by atoms with van der Waals surface area (Å²) in [5, 5.41) is 1.06. The van der Waals surface area contributed by atoms with Crippen molar-refractivity contribution >= 4 is 16.7 Å². The standard InChI is InChI=1S/C22H32N4O4/c1-6-25-15-18(16-13-19(29-4)20(30-5)14-17(16)21(25)27)22(28)26-11-9-24(10-12-26)8-7-23(2)3/h13-15H,6-12H2,1-5H3. The van der Waals surface area contributed by atoms with Gasteiger partial charge in [0, 0.05) is 57.4 Å². The average Bonchev–Trinajstić information content (AvgIpc) is 2.77. The van der Waals surface area contributed by atoms with E-state index in [1.165, 1.54) is 7.11 Å². The van der Waals surface area contributed by atoms with Crippen molar-refractivity contribution in [2.45, 2.75) is 13.5 Å². The number of aromatic nitrogens is 1. The van der Waals surface area contributed by atoms with Gasteiger partial charge in [-0.25, -0.2) is 0 Å². The van der Waals surface area contributed by atoms with E-state index in [4.69, 9.17) is 9.47 Å². The Labute approximate surface area is 177 Å². The number of piperazine rings is 1. The molecule has 3 rings (SSSR count). The van der Waals surface area contributed by atoms with Crippen LogP contribution in [0.3, 0.4) is 0 Å². The first-order valence-electron chi connectivity index (χ1n) is 10.3. The van der Waals surface area contributed by atoms with Gasteiger partial charge < -0.3 is 23.8 Å². The molecule has 0 saturated carbocycles. The molecule has 0 spiro atoms. The van der Waals surface area contributed by atoms with E-state index < -0.39 is 0 Å². The van der Waals surface area contributed by atoms with E-state index in [1.807, 2.05) is 11.8 Å². The summed E-state index contributed by atoms with van der Waals surface area (Å²) in [5.41, 5.74) is 0.382. The Morgan fingerprint density at radius 1 is 1.03 bits per heavy atom. The molecule has 0 N–H and O–H groups in total. The number of hydrogen-bond acceptors (Lipinski definition) is 6. The highest BCUT2D eigenvalue weighted by Gasteiger charge is 2.25. The first-order valence-corrected chi connectivity index (χ1v) is 10.3. The lowest BCUT2D eigenvalue weighted by atomic mass is 10.0. The van der Waals surface area contributed by atoms with Crippen molar-refractivity contribution in [3.05, 3.63) is 34.2 Å². The maximum Gasteiger partial charge on any atom is 0.258 e. The van der Waals surface area contributed by atoms with Crippen molar-refractivity contribution in [1.29, 1.82) is 0 Å². The number of likely N-dealkylation sites (N-methyl/N-ethyl adjacent to an activating group) is 1. The summed E-state index contributed by atoms with van der Waals surface area (Å²) in [4.78, 5) is 32.7. The van der Waals surface area contributed by atoms with E-state index in [0.29, 0.717) is 47.5 Å². The quantitative estimate of drug-likeness (QED) is 0.679. The normalized spacial score (nSPS) is 15.1. The molecule has 0 bridgehead atoms. The molecular weight excluding hydrogens is 384 g/mol. The van der Waals surface area contributed by atoms with Gasteiger partial charge in [0.1, 0.15) is 0 Å². The number of carbonyl (C=O) groups is 1. The molecule has 164 valence electrons. The Hall–Kier alpha value is -2.58. The third-order valence-electron chi connectivity index (χ3n) is 5.68. The van der Waals surface area contributed by atoms with Crippen LogP contribution in [0.1, 0.15) is 17.3 Å². The molecule has 0 radical (unpaired) electrons. The number of benzene rings is 1. The number of ether oxygens (including phenoxy) is 2. The minimum atomic E-state index is -0.140. The number of rotatable bonds is 7. The Balaban J connectivity index is 1.94. The Morgan fingerprint density at radius 3 is 2.17 bits per heavy atom. The van der Waals surface area contributed by atoms with Gasteiger partial charge in [0.25, 0.3) is 11.5 Å². The van der Waals surface area contributed by atoms with Gasteiger partial charge in [0.15, 0.2) is 11.5 Å². The maximum atomic E-state index is 13.4. The van der Waals surface area contributed by atoms with Gasteiger partial charge in [0.05, 0.1) is 25.2 Å². The lowest BCUT2D eigenvalue weighted by Gasteiger charge is -2.35. The highest BCUT2D eigenvalue weighted by atomic mass is 16.5. The van der Waals surface area contributed by atoms with Crippen LogP contribution >= 0.6 is 0 Å². The molecule has 2 heterocycles. The zero-order valence-electron chi connectivity index (χ0n) is 18.6. The highest BCUT2D eigenvalue weighted by Crippen LogP contribution is 2.32. The molecule has 2 aromatic rings. The van der Waals surface area contributed by atoms with Crippen molar-refractivity contribution in [2.75, 3.05) is 67.6 Å². The van der Waals surface area contributed by atoms with Gasteiger partial charge >= 0.3 is 0 Å². The number of hydrogen-bond donors (Lipinski definition) is 0. The molecule has 8 heteroatoms.